The second kappa shape index (κ2) is 53.8. The molecular formula is C99H127N21O22S. The molecule has 0 radical (unpaired) electrons. The maximum Gasteiger partial charge on any atom is 0.303 e. The molecule has 0 unspecified atom stereocenters. The molecule has 143 heavy (non-hydrogen) atoms. The maximum atomic E-state index is 15.6. The molecule has 6 aromatic carbocycles. The second-order valence-electron chi connectivity index (χ2n) is 35.8. The third-order valence-electron chi connectivity index (χ3n) is 24.3. The van der Waals surface area contributed by atoms with Gasteiger partial charge in [-0.2, -0.15) is 0 Å². The smallest absolute Gasteiger partial charge is 0.303 e. The van der Waals surface area contributed by atoms with Crippen LogP contribution in [0.4, 0.5) is 0 Å². The Labute approximate surface area is 830 Å². The number of aliphatic carboxylic acids is 1. The topological polar surface area (TPSA) is 640 Å². The number of benzene rings is 6. The number of nitrogens with zero attached hydrogens (tertiary/aromatic N) is 5. The van der Waals surface area contributed by atoms with Crippen LogP contribution in [0.15, 0.2) is 170 Å². The maximum absolute atomic E-state index is 15.6. The number of phenols is 2. The van der Waals surface area contributed by atoms with Gasteiger partial charge in [-0.3, -0.25) is 91.7 Å². The predicted molar refractivity (Wildman–Crippen MR) is 526 cm³/mol. The van der Waals surface area contributed by atoms with Gasteiger partial charge in [-0.25, -0.2) is 0 Å². The number of carbonyl (C=O) groups excluding carboxylic acids is 17. The summed E-state index contributed by atoms with van der Waals surface area (Å²) in [5.41, 5.74) is 14.4. The molecule has 0 saturated carbocycles. The number of carboxylic acid groups (broad SMARTS) is 1. The minimum atomic E-state index is -1.92. The molecule has 1 aromatic heterocycles. The summed E-state index contributed by atoms with van der Waals surface area (Å²) in [6, 6.07) is 22.5. The van der Waals surface area contributed by atoms with Gasteiger partial charge < -0.3 is 125 Å². The largest absolute Gasteiger partial charge is 0.508 e. The summed E-state index contributed by atoms with van der Waals surface area (Å²) in [7, 11) is 4.92. The number of primary amides is 1. The number of carbonyl (C=O) groups is 18. The number of guanidine groups is 1. The number of likely N-dealkylation sites (N-methyl/N-ethyl adjacent to an activating group) is 4. The van der Waals surface area contributed by atoms with Gasteiger partial charge in [0.05, 0.1) is 31.5 Å². The molecule has 22 N–H and O–H groups in total. The zero-order chi connectivity index (χ0) is 104. The van der Waals surface area contributed by atoms with Crippen LogP contribution < -0.4 is 75.3 Å². The molecule has 17 amide bonds. The number of nitrogens with one attached hydrogen (secondary N) is 14. The highest BCUT2D eigenvalue weighted by Crippen LogP contribution is 2.27. The molecular weight excluding hydrogens is 1870 g/mol. The third kappa shape index (κ3) is 33.6. The van der Waals surface area contributed by atoms with E-state index in [1.54, 1.807) is 135 Å². The highest BCUT2D eigenvalue weighted by atomic mass is 32.2. The van der Waals surface area contributed by atoms with Gasteiger partial charge in [-0.15, -0.1) is 11.8 Å². The van der Waals surface area contributed by atoms with E-state index in [1.165, 1.54) is 88.4 Å². The van der Waals surface area contributed by atoms with Crippen LogP contribution in [-0.2, 0) is 125 Å². The van der Waals surface area contributed by atoms with Crippen LogP contribution in [0.1, 0.15) is 99.6 Å². The molecule has 2 aliphatic heterocycles. The Bertz CT molecular complexity index is 5670. The standard InChI is InChI=1S/C99H127N21O22S/c1-56(2)84-93(137)110-70(40-41-83(128)129)94(138)116(5)52-81(126)109-74(46-63-34-38-66(123)39-35-63)95(139)118(7)77(47-60-24-14-10-15-25-60)96(140)117(6)53-80(125)107-69(30-20-42-103-99(101)102)88(132)106-57(3)86(130)111-72(45-62-32-36-65(122)37-33-62)89(133)112-73(49-64-50-104-68-29-19-18-28-67(64)68)91(135)115-85(58(4)121)98(142)119(8)78(48-61-26-16-11-17-27-61)97(141)120-43-21-31-76(120)92(136)113-75(87(131)105-51-79(100)124)54-143-55-82(127)108-71(90(134)114-84)44-59-22-12-9-13-23-59/h9-19,22-29,32-39,50,56-58,69-78,84-85,104,121-123H,20-21,30-31,40-49,51-55H2,1-8H3,(H2,100,124)(H,105,131)(H,106,132)(H,107,125)(H,108,127)(H,109,126)(H,110,137)(H,111,130)(H,112,133)(H,113,136)(H,114,134)(H,115,135)(H,128,129)(H4,101,102,103)/t57-,58+,69-,70-,71-,72-,73-,74-,75-,76-,77-,78-,84-,85-/m0/s1. The Kier molecular flexibility index (Phi) is 41.8. The number of aromatic amines is 1. The van der Waals surface area contributed by atoms with Crippen molar-refractivity contribution in [3.8, 4) is 11.5 Å². The molecule has 766 valence electrons. The first-order valence-corrected chi connectivity index (χ1v) is 47.9. The van der Waals surface area contributed by atoms with Gasteiger partial charge in [0.15, 0.2) is 5.96 Å². The van der Waals surface area contributed by atoms with E-state index in [0.717, 1.165) is 38.4 Å². The van der Waals surface area contributed by atoms with E-state index in [1.807, 2.05) is 0 Å². The van der Waals surface area contributed by atoms with Crippen LogP contribution in [0.5, 0.6) is 11.5 Å². The second-order valence-corrected chi connectivity index (χ2v) is 36.8. The number of aromatic nitrogens is 1. The summed E-state index contributed by atoms with van der Waals surface area (Å²) in [5, 5.41) is 82.2. The van der Waals surface area contributed by atoms with Crippen LogP contribution in [0, 0.1) is 11.3 Å². The Morgan fingerprint density at radius 3 is 1.50 bits per heavy atom. The van der Waals surface area contributed by atoms with Gasteiger partial charge in [0.1, 0.15) is 90.0 Å². The Hall–Kier alpha value is -15.5. The average Bonchev–Trinajstić information content (AvgIpc) is 1.90. The van der Waals surface area contributed by atoms with Gasteiger partial charge in [0.2, 0.25) is 100 Å². The van der Waals surface area contributed by atoms with Crippen LogP contribution in [-0.4, -0.2) is 319 Å². The molecule has 0 spiro atoms. The van der Waals surface area contributed by atoms with E-state index in [2.05, 4.69) is 68.8 Å². The molecule has 9 rings (SSSR count). The highest BCUT2D eigenvalue weighted by molar-refractivity contribution is 8.00. The number of para-hydroxylation sites is 1. The van der Waals surface area contributed by atoms with Crippen LogP contribution in [0.3, 0.4) is 0 Å². The minimum absolute atomic E-state index is 0.00525. The number of nitrogens with two attached hydrogens (primary N) is 2. The first kappa shape index (κ1) is 111. The van der Waals surface area contributed by atoms with Gasteiger partial charge in [-0.05, 0) is 116 Å². The molecule has 43 nitrogen and oxygen atoms in total. The van der Waals surface area contributed by atoms with Crippen molar-refractivity contribution >= 4 is 135 Å². The van der Waals surface area contributed by atoms with Crippen molar-refractivity contribution < 1.29 is 107 Å². The van der Waals surface area contributed by atoms with Crippen LogP contribution >= 0.6 is 11.8 Å². The molecule has 2 fully saturated rings. The van der Waals surface area contributed by atoms with E-state index in [0.29, 0.717) is 44.3 Å². The van der Waals surface area contributed by atoms with Crippen molar-refractivity contribution in [1.82, 2.24) is 93.3 Å². The number of hydrogen-bond donors (Lipinski definition) is 20. The van der Waals surface area contributed by atoms with E-state index in [4.69, 9.17) is 16.9 Å². The van der Waals surface area contributed by atoms with Gasteiger partial charge in [0, 0.05) is 109 Å². The van der Waals surface area contributed by atoms with Crippen molar-refractivity contribution in [3.63, 3.8) is 0 Å². The molecule has 2 aliphatic rings. The lowest BCUT2D eigenvalue weighted by atomic mass is 10.00. The monoisotopic (exact) mass is 1990 g/mol. The number of aliphatic hydroxyl groups is 1. The molecule has 0 aliphatic carbocycles. The number of rotatable bonds is 24. The number of H-pyrrole nitrogens is 1. The zero-order valence-corrected chi connectivity index (χ0v) is 81.5. The third-order valence-corrected chi connectivity index (χ3v) is 25.3. The summed E-state index contributed by atoms with van der Waals surface area (Å²) in [6.07, 6.45) is -3.09. The fourth-order valence-corrected chi connectivity index (χ4v) is 17.3. The number of aromatic hydroxyl groups is 2. The highest BCUT2D eigenvalue weighted by Gasteiger charge is 2.45. The Balaban J connectivity index is 1.09. The minimum Gasteiger partial charge on any atom is -0.508 e. The summed E-state index contributed by atoms with van der Waals surface area (Å²) in [5.74, 6) is -20.1. The average molecular weight is 2000 g/mol. The van der Waals surface area contributed by atoms with Crippen molar-refractivity contribution in [2.75, 3.05) is 72.4 Å². The lowest BCUT2D eigenvalue weighted by Gasteiger charge is -2.36. The quantitative estimate of drug-likeness (QED) is 0.0182. The number of carboxylic acids is 1. The van der Waals surface area contributed by atoms with Crippen molar-refractivity contribution in [3.05, 3.63) is 203 Å². The first-order valence-electron chi connectivity index (χ1n) is 46.7. The predicted octanol–water partition coefficient (Wildman–Crippen LogP) is -1.72. The molecule has 2 saturated heterocycles. The molecule has 0 bridgehead atoms. The van der Waals surface area contributed by atoms with Crippen molar-refractivity contribution in [1.29, 1.82) is 5.41 Å². The van der Waals surface area contributed by atoms with E-state index >= 15 is 28.8 Å². The van der Waals surface area contributed by atoms with E-state index in [9.17, 15) is 78.0 Å². The summed E-state index contributed by atoms with van der Waals surface area (Å²) in [6.45, 7) is 3.07. The number of aliphatic hydroxyl groups excluding tert-OH is 1. The van der Waals surface area contributed by atoms with Crippen molar-refractivity contribution in [2.45, 2.75) is 189 Å². The van der Waals surface area contributed by atoms with Gasteiger partial charge in [0.25, 0.3) is 0 Å². The number of fused-ring (bicyclic) bond motifs is 2. The number of amides is 17. The fourth-order valence-electron chi connectivity index (χ4n) is 16.5. The number of phenolic OH excluding ortho intramolecular Hbond substituents is 2. The summed E-state index contributed by atoms with van der Waals surface area (Å²) >= 11 is 0.789. The molecule has 3 heterocycles. The fraction of sp³-hybridized carbons (Fsp3) is 0.424. The first-order chi connectivity index (χ1) is 68.0. The summed E-state index contributed by atoms with van der Waals surface area (Å²) < 4.78 is 0. The van der Waals surface area contributed by atoms with Crippen molar-refractivity contribution in [2.24, 2.45) is 17.4 Å². The van der Waals surface area contributed by atoms with Crippen LogP contribution in [0.2, 0.25) is 0 Å². The van der Waals surface area contributed by atoms with Gasteiger partial charge in [-0.1, -0.05) is 147 Å². The normalized spacial score (nSPS) is 22.9. The lowest BCUT2D eigenvalue weighted by Crippen LogP contribution is -2.62. The molecule has 44 heteroatoms. The molecule has 14 atom stereocenters. The summed E-state index contributed by atoms with van der Waals surface area (Å²) in [4.78, 5) is 272. The SMILES string of the molecule is CC(C)[C@@H]1NC(=O)[C@H](Cc2ccccc2)NC(=O)CSC[C@@H](C(=O)NCC(N)=O)NC(=O)[C@@H]2CCCN2C(=O)[C@H](Cc2ccccc2)N(C)C(=O)[C@H]([C@@H](C)O)NC(=O)[C@H](Cc2c[nH]c3ccccc23)NC(=O)[C@H](Cc2ccc(O)cc2)NC(=O)[C@H](C)NC(=O)[C@H](CCCNC(=N)N)NC(=O)CN(C)C(=O)[C@H](Cc2ccccc2)N(C)C(=O)[C@H](Cc2ccc(O)cc2)NC(=O)CN(C)C(=O)[C@H](CCC(=O)O)NC1=O. The Morgan fingerprint density at radius 1 is 0.476 bits per heavy atom. The number of thioether (sulfide) groups is 1. The number of hydrogen-bond acceptors (Lipinski definition) is 23. The lowest BCUT2D eigenvalue weighted by molar-refractivity contribution is -0.150. The van der Waals surface area contributed by atoms with E-state index < -0.39 is 247 Å². The van der Waals surface area contributed by atoms with Crippen LogP contribution in [0.25, 0.3) is 10.9 Å². The molecule has 7 aromatic rings. The zero-order valence-electron chi connectivity index (χ0n) is 80.7. The Morgan fingerprint density at radius 2 is 0.944 bits per heavy atom. The van der Waals surface area contributed by atoms with Gasteiger partial charge >= 0.3 is 5.97 Å². The van der Waals surface area contributed by atoms with E-state index in [-0.39, 0.29) is 88.8 Å².